The molecule has 0 radical (unpaired) electrons. The van der Waals surface area contributed by atoms with Gasteiger partial charge in [0.15, 0.2) is 5.82 Å². The van der Waals surface area contributed by atoms with E-state index in [0.717, 1.165) is 11.3 Å². The van der Waals surface area contributed by atoms with Crippen molar-refractivity contribution in [3.8, 4) is 6.07 Å². The molecule has 92 valence electrons. The molecule has 1 N–H and O–H groups in total. The number of hydrogen-bond acceptors (Lipinski definition) is 5. The number of anilines is 1. The minimum absolute atomic E-state index is 0.0787. The highest BCUT2D eigenvalue weighted by Gasteiger charge is 2.11. The normalized spacial score (nSPS) is 11.9. The summed E-state index contributed by atoms with van der Waals surface area (Å²) in [5.74, 6) is 0.530. The molecular weight excluding hydrogens is 216 g/mol. The molecule has 1 heterocycles. The predicted molar refractivity (Wildman–Crippen MR) is 65.8 cm³/mol. The van der Waals surface area contributed by atoms with E-state index in [2.05, 4.69) is 21.6 Å². The van der Waals surface area contributed by atoms with Gasteiger partial charge in [-0.25, -0.2) is 0 Å². The molecule has 0 amide bonds. The third kappa shape index (κ3) is 3.40. The SMILES string of the molecule is CCOC(C)CNc1nnc(C)c(C)c1C#N. The largest absolute Gasteiger partial charge is 0.377 e. The van der Waals surface area contributed by atoms with Crippen molar-refractivity contribution in [3.05, 3.63) is 16.8 Å². The smallest absolute Gasteiger partial charge is 0.167 e. The first-order valence-corrected chi connectivity index (χ1v) is 5.69. The van der Waals surface area contributed by atoms with E-state index in [-0.39, 0.29) is 6.10 Å². The maximum absolute atomic E-state index is 9.10. The van der Waals surface area contributed by atoms with Crippen molar-refractivity contribution in [3.63, 3.8) is 0 Å². The standard InChI is InChI=1S/C12H18N4O/c1-5-17-8(2)7-14-12-11(6-13)9(3)10(4)15-16-12/h8H,5,7H2,1-4H3,(H,14,16). The van der Waals surface area contributed by atoms with Crippen molar-refractivity contribution >= 4 is 5.82 Å². The third-order valence-corrected chi connectivity index (χ3v) is 2.57. The molecular formula is C12H18N4O. The second-order valence-corrected chi connectivity index (χ2v) is 3.89. The Morgan fingerprint density at radius 3 is 2.71 bits per heavy atom. The lowest BCUT2D eigenvalue weighted by atomic mass is 10.1. The summed E-state index contributed by atoms with van der Waals surface area (Å²) in [4.78, 5) is 0. The predicted octanol–water partition coefficient (Wildman–Crippen LogP) is 1.80. The van der Waals surface area contributed by atoms with Gasteiger partial charge in [0.2, 0.25) is 0 Å². The second-order valence-electron chi connectivity index (χ2n) is 3.89. The van der Waals surface area contributed by atoms with E-state index in [4.69, 9.17) is 10.00 Å². The number of rotatable bonds is 5. The summed E-state index contributed by atoms with van der Waals surface area (Å²) in [7, 11) is 0. The van der Waals surface area contributed by atoms with E-state index in [1.807, 2.05) is 27.7 Å². The number of hydrogen-bond donors (Lipinski definition) is 1. The summed E-state index contributed by atoms with van der Waals surface area (Å²) in [6.45, 7) is 8.92. The fourth-order valence-electron chi connectivity index (χ4n) is 1.45. The van der Waals surface area contributed by atoms with Gasteiger partial charge in [0.05, 0.1) is 11.8 Å². The van der Waals surface area contributed by atoms with Crippen molar-refractivity contribution in [2.45, 2.75) is 33.8 Å². The van der Waals surface area contributed by atoms with Gasteiger partial charge in [0, 0.05) is 13.2 Å². The first-order chi connectivity index (χ1) is 8.10. The third-order valence-electron chi connectivity index (χ3n) is 2.57. The first kappa shape index (κ1) is 13.4. The average molecular weight is 234 g/mol. The summed E-state index contributed by atoms with van der Waals surface area (Å²) in [6, 6.07) is 2.15. The summed E-state index contributed by atoms with van der Waals surface area (Å²) in [5, 5.41) is 20.2. The zero-order valence-electron chi connectivity index (χ0n) is 10.7. The highest BCUT2D eigenvalue weighted by Crippen LogP contribution is 2.16. The molecule has 0 aliphatic rings. The Kier molecular flexibility index (Phi) is 4.85. The molecule has 0 saturated heterocycles. The Morgan fingerprint density at radius 1 is 1.41 bits per heavy atom. The molecule has 0 bridgehead atoms. The number of ether oxygens (including phenoxy) is 1. The number of aryl methyl sites for hydroxylation is 1. The maximum Gasteiger partial charge on any atom is 0.167 e. The molecule has 5 heteroatoms. The number of nitrogens with zero attached hydrogens (tertiary/aromatic N) is 3. The van der Waals surface area contributed by atoms with Crippen LogP contribution in [-0.2, 0) is 4.74 Å². The van der Waals surface area contributed by atoms with Crippen molar-refractivity contribution in [1.82, 2.24) is 10.2 Å². The van der Waals surface area contributed by atoms with E-state index in [9.17, 15) is 0 Å². The summed E-state index contributed by atoms with van der Waals surface area (Å²) >= 11 is 0. The van der Waals surface area contributed by atoms with Crippen LogP contribution in [0.2, 0.25) is 0 Å². The molecule has 0 aromatic carbocycles. The maximum atomic E-state index is 9.10. The lowest BCUT2D eigenvalue weighted by Crippen LogP contribution is -2.21. The number of nitriles is 1. The van der Waals surface area contributed by atoms with E-state index in [1.165, 1.54) is 0 Å². The van der Waals surface area contributed by atoms with Crippen LogP contribution >= 0.6 is 0 Å². The Morgan fingerprint density at radius 2 is 2.12 bits per heavy atom. The Hall–Kier alpha value is -1.67. The van der Waals surface area contributed by atoms with Crippen LogP contribution < -0.4 is 5.32 Å². The molecule has 0 aliphatic heterocycles. The molecule has 17 heavy (non-hydrogen) atoms. The zero-order valence-corrected chi connectivity index (χ0v) is 10.7. The van der Waals surface area contributed by atoms with Crippen LogP contribution in [-0.4, -0.2) is 29.5 Å². The van der Waals surface area contributed by atoms with E-state index >= 15 is 0 Å². The van der Waals surface area contributed by atoms with E-state index < -0.39 is 0 Å². The molecule has 1 aromatic heterocycles. The minimum atomic E-state index is 0.0787. The Labute approximate surface area is 102 Å². The molecule has 0 saturated carbocycles. The number of aromatic nitrogens is 2. The molecule has 1 atom stereocenters. The van der Waals surface area contributed by atoms with Gasteiger partial charge in [0.1, 0.15) is 11.6 Å². The fourth-order valence-corrected chi connectivity index (χ4v) is 1.45. The van der Waals surface area contributed by atoms with Crippen LogP contribution in [0.3, 0.4) is 0 Å². The Bertz CT molecular complexity index is 425. The van der Waals surface area contributed by atoms with Gasteiger partial charge >= 0.3 is 0 Å². The van der Waals surface area contributed by atoms with Crippen LogP contribution in [0.5, 0.6) is 0 Å². The molecule has 5 nitrogen and oxygen atoms in total. The average Bonchev–Trinajstić information content (AvgIpc) is 2.31. The van der Waals surface area contributed by atoms with Crippen molar-refractivity contribution in [1.29, 1.82) is 5.26 Å². The van der Waals surface area contributed by atoms with Gasteiger partial charge in [0.25, 0.3) is 0 Å². The van der Waals surface area contributed by atoms with Gasteiger partial charge in [-0.2, -0.15) is 10.4 Å². The van der Waals surface area contributed by atoms with Crippen LogP contribution in [0.4, 0.5) is 5.82 Å². The van der Waals surface area contributed by atoms with Gasteiger partial charge < -0.3 is 10.1 Å². The second kappa shape index (κ2) is 6.16. The van der Waals surface area contributed by atoms with Gasteiger partial charge in [-0.3, -0.25) is 0 Å². The van der Waals surface area contributed by atoms with E-state index in [1.54, 1.807) is 0 Å². The van der Waals surface area contributed by atoms with Crippen LogP contribution in [0.15, 0.2) is 0 Å². The van der Waals surface area contributed by atoms with Gasteiger partial charge in [-0.15, -0.1) is 5.10 Å². The van der Waals surface area contributed by atoms with Crippen LogP contribution in [0.1, 0.15) is 30.7 Å². The minimum Gasteiger partial charge on any atom is -0.377 e. The lowest BCUT2D eigenvalue weighted by Gasteiger charge is -2.14. The molecule has 1 rings (SSSR count). The first-order valence-electron chi connectivity index (χ1n) is 5.69. The molecule has 1 unspecified atom stereocenters. The van der Waals surface area contributed by atoms with Crippen LogP contribution in [0.25, 0.3) is 0 Å². The van der Waals surface area contributed by atoms with Gasteiger partial charge in [-0.1, -0.05) is 0 Å². The highest BCUT2D eigenvalue weighted by molar-refractivity contribution is 5.55. The monoisotopic (exact) mass is 234 g/mol. The molecule has 1 aromatic rings. The topological polar surface area (TPSA) is 70.8 Å². The summed E-state index contributed by atoms with van der Waals surface area (Å²) in [5.41, 5.74) is 2.21. The zero-order chi connectivity index (χ0) is 12.8. The van der Waals surface area contributed by atoms with Crippen LogP contribution in [0, 0.1) is 25.2 Å². The number of nitrogens with one attached hydrogen (secondary N) is 1. The summed E-state index contributed by atoms with van der Waals surface area (Å²) in [6.07, 6.45) is 0.0787. The summed E-state index contributed by atoms with van der Waals surface area (Å²) < 4.78 is 5.40. The lowest BCUT2D eigenvalue weighted by molar-refractivity contribution is 0.0854. The molecule has 0 spiro atoms. The highest BCUT2D eigenvalue weighted by atomic mass is 16.5. The quantitative estimate of drug-likeness (QED) is 0.841. The van der Waals surface area contributed by atoms with Gasteiger partial charge in [-0.05, 0) is 33.3 Å². The molecule has 0 aliphatic carbocycles. The van der Waals surface area contributed by atoms with Crippen molar-refractivity contribution < 1.29 is 4.74 Å². The van der Waals surface area contributed by atoms with E-state index in [0.29, 0.717) is 24.5 Å². The van der Waals surface area contributed by atoms with Crippen molar-refractivity contribution in [2.24, 2.45) is 0 Å². The Balaban J connectivity index is 2.79. The fraction of sp³-hybridized carbons (Fsp3) is 0.583. The van der Waals surface area contributed by atoms with Crippen molar-refractivity contribution in [2.75, 3.05) is 18.5 Å². The molecule has 0 fully saturated rings.